The van der Waals surface area contributed by atoms with Gasteiger partial charge in [-0.3, -0.25) is 14.5 Å². The van der Waals surface area contributed by atoms with Gasteiger partial charge in [0.1, 0.15) is 11.3 Å². The van der Waals surface area contributed by atoms with E-state index in [1.807, 2.05) is 31.2 Å². The lowest BCUT2D eigenvalue weighted by Gasteiger charge is -2.32. The number of carbonyl (C=O) groups excluding carboxylic acids is 2. The molecule has 0 bridgehead atoms. The lowest BCUT2D eigenvalue weighted by Crippen LogP contribution is -2.45. The molecular formula is C24H24N4O5S. The third kappa shape index (κ3) is 5.02. The number of aryl methyl sites for hydroxylation is 1. The van der Waals surface area contributed by atoms with Gasteiger partial charge < -0.3 is 19.2 Å². The Morgan fingerprint density at radius 1 is 1.32 bits per heavy atom. The minimum atomic E-state index is -0.262. The molecule has 1 aromatic carbocycles. The molecule has 34 heavy (non-hydrogen) atoms. The standard InChI is InChI=1S/C24H24N4O5S/c1-15-8-21-23(25-10-15)27-24(34-21)33-18-2-3-19-16(12-32-20(19)9-18)11-28-6-4-17(5-7-28)26-22(30)13-31-14-29/h2-3,8-10,12,14,17H,4-7,11,13H2,1H3,(H,26,30). The SMILES string of the molecule is Cc1cnc2nc(Oc3ccc4c(CN5CCC(NC(=O)COC=O)CC5)coc4c3)sc2c1. The number of benzene rings is 1. The highest BCUT2D eigenvalue weighted by Gasteiger charge is 2.22. The van der Waals surface area contributed by atoms with Gasteiger partial charge in [-0.15, -0.1) is 0 Å². The zero-order valence-electron chi connectivity index (χ0n) is 18.7. The van der Waals surface area contributed by atoms with Crippen molar-refractivity contribution in [2.45, 2.75) is 32.4 Å². The van der Waals surface area contributed by atoms with Crippen LogP contribution in [0.2, 0.25) is 0 Å². The minimum Gasteiger partial charge on any atom is -0.464 e. The van der Waals surface area contributed by atoms with Crippen molar-refractivity contribution in [1.82, 2.24) is 20.2 Å². The fourth-order valence-electron chi connectivity index (χ4n) is 4.15. The fourth-order valence-corrected chi connectivity index (χ4v) is 5.04. The zero-order valence-corrected chi connectivity index (χ0v) is 19.5. The van der Waals surface area contributed by atoms with Crippen LogP contribution in [-0.4, -0.2) is 53.0 Å². The van der Waals surface area contributed by atoms with E-state index in [2.05, 4.69) is 24.9 Å². The van der Waals surface area contributed by atoms with Gasteiger partial charge in [0.25, 0.3) is 17.6 Å². The third-order valence-corrected chi connectivity index (χ3v) is 6.70. The molecule has 0 unspecified atom stereocenters. The summed E-state index contributed by atoms with van der Waals surface area (Å²) < 4.78 is 17.3. The Balaban J connectivity index is 1.19. The van der Waals surface area contributed by atoms with Gasteiger partial charge in [0.15, 0.2) is 12.3 Å². The van der Waals surface area contributed by atoms with E-state index in [-0.39, 0.29) is 25.0 Å². The number of aromatic nitrogens is 2. The Labute approximate surface area is 199 Å². The monoisotopic (exact) mass is 480 g/mol. The topological polar surface area (TPSA) is 107 Å². The second-order valence-electron chi connectivity index (χ2n) is 8.36. The molecule has 1 aliphatic rings. The van der Waals surface area contributed by atoms with E-state index in [4.69, 9.17) is 9.15 Å². The number of fused-ring (bicyclic) bond motifs is 2. The maximum Gasteiger partial charge on any atom is 0.293 e. The Morgan fingerprint density at radius 2 is 2.18 bits per heavy atom. The van der Waals surface area contributed by atoms with Crippen LogP contribution in [0.3, 0.4) is 0 Å². The van der Waals surface area contributed by atoms with Crippen molar-refractivity contribution in [3.8, 4) is 10.9 Å². The van der Waals surface area contributed by atoms with Crippen LogP contribution in [0.25, 0.3) is 21.3 Å². The molecule has 0 radical (unpaired) electrons. The largest absolute Gasteiger partial charge is 0.464 e. The number of amides is 1. The van der Waals surface area contributed by atoms with Crippen molar-refractivity contribution in [3.05, 3.63) is 47.9 Å². The summed E-state index contributed by atoms with van der Waals surface area (Å²) in [4.78, 5) is 33.1. The first kappa shape index (κ1) is 22.3. The predicted octanol–water partition coefficient (Wildman–Crippen LogP) is 3.79. The number of pyridine rings is 1. The smallest absolute Gasteiger partial charge is 0.293 e. The van der Waals surface area contributed by atoms with Crippen molar-refractivity contribution in [1.29, 1.82) is 0 Å². The quantitative estimate of drug-likeness (QED) is 0.380. The van der Waals surface area contributed by atoms with Crippen LogP contribution in [0, 0.1) is 6.92 Å². The predicted molar refractivity (Wildman–Crippen MR) is 127 cm³/mol. The highest BCUT2D eigenvalue weighted by molar-refractivity contribution is 7.20. The third-order valence-electron chi connectivity index (χ3n) is 5.83. The number of thiazole rings is 1. The molecule has 1 fully saturated rings. The molecule has 0 aliphatic carbocycles. The van der Waals surface area contributed by atoms with E-state index >= 15 is 0 Å². The van der Waals surface area contributed by atoms with Crippen LogP contribution < -0.4 is 10.1 Å². The number of hydrogen-bond acceptors (Lipinski definition) is 9. The number of nitrogens with zero attached hydrogens (tertiary/aromatic N) is 3. The van der Waals surface area contributed by atoms with Gasteiger partial charge in [0, 0.05) is 48.9 Å². The van der Waals surface area contributed by atoms with E-state index in [0.717, 1.165) is 59.3 Å². The molecule has 0 saturated carbocycles. The van der Waals surface area contributed by atoms with E-state index < -0.39 is 0 Å². The molecular weight excluding hydrogens is 456 g/mol. The highest BCUT2D eigenvalue weighted by atomic mass is 32.1. The second kappa shape index (κ2) is 9.78. The van der Waals surface area contributed by atoms with E-state index in [1.165, 1.54) is 11.3 Å². The normalized spacial score (nSPS) is 15.0. The molecule has 1 amide bonds. The molecule has 5 rings (SSSR count). The summed E-state index contributed by atoms with van der Waals surface area (Å²) >= 11 is 1.47. The Bertz CT molecular complexity index is 1330. The first-order valence-electron chi connectivity index (χ1n) is 11.1. The summed E-state index contributed by atoms with van der Waals surface area (Å²) in [5.74, 6) is 0.404. The van der Waals surface area contributed by atoms with Crippen molar-refractivity contribution in [3.63, 3.8) is 0 Å². The Hall–Kier alpha value is -3.50. The van der Waals surface area contributed by atoms with Crippen LogP contribution in [0.5, 0.6) is 10.9 Å². The number of carbonyl (C=O) groups is 2. The van der Waals surface area contributed by atoms with Gasteiger partial charge in [-0.1, -0.05) is 11.3 Å². The van der Waals surface area contributed by atoms with E-state index in [9.17, 15) is 9.59 Å². The summed E-state index contributed by atoms with van der Waals surface area (Å²) in [6.07, 6.45) is 5.28. The van der Waals surface area contributed by atoms with Gasteiger partial charge >= 0.3 is 0 Å². The molecule has 4 heterocycles. The molecule has 4 aromatic rings. The van der Waals surface area contributed by atoms with Crippen molar-refractivity contribution < 1.29 is 23.5 Å². The number of likely N-dealkylation sites (tertiary alicyclic amines) is 1. The summed E-state index contributed by atoms with van der Waals surface area (Å²) in [6, 6.07) is 7.97. The number of hydrogen-bond donors (Lipinski definition) is 1. The molecule has 176 valence electrons. The molecule has 0 atom stereocenters. The fraction of sp³-hybridized carbons (Fsp3) is 0.333. The maximum absolute atomic E-state index is 11.7. The first-order valence-corrected chi connectivity index (χ1v) is 11.9. The lowest BCUT2D eigenvalue weighted by molar-refractivity contribution is -0.137. The summed E-state index contributed by atoms with van der Waals surface area (Å²) in [5.41, 5.74) is 3.65. The molecule has 9 nitrogen and oxygen atoms in total. The number of nitrogens with one attached hydrogen (secondary N) is 1. The van der Waals surface area contributed by atoms with Crippen LogP contribution in [0.15, 0.2) is 41.1 Å². The van der Waals surface area contributed by atoms with Crippen LogP contribution in [-0.2, 0) is 20.9 Å². The van der Waals surface area contributed by atoms with Gasteiger partial charge in [-0.2, -0.15) is 4.98 Å². The lowest BCUT2D eigenvalue weighted by atomic mass is 10.0. The maximum atomic E-state index is 11.7. The van der Waals surface area contributed by atoms with Crippen LogP contribution >= 0.6 is 11.3 Å². The zero-order chi connectivity index (χ0) is 23.5. The Kier molecular flexibility index (Phi) is 6.41. The van der Waals surface area contributed by atoms with Crippen LogP contribution in [0.1, 0.15) is 24.0 Å². The van der Waals surface area contributed by atoms with Crippen molar-refractivity contribution in [2.75, 3.05) is 19.7 Å². The number of piperidine rings is 1. The van der Waals surface area contributed by atoms with Gasteiger partial charge in [0.05, 0.1) is 11.0 Å². The average Bonchev–Trinajstić information content (AvgIpc) is 3.41. The van der Waals surface area contributed by atoms with Crippen molar-refractivity contribution in [2.24, 2.45) is 0 Å². The second-order valence-corrected chi connectivity index (χ2v) is 9.35. The minimum absolute atomic E-state index is 0.0985. The molecule has 1 N–H and O–H groups in total. The van der Waals surface area contributed by atoms with Gasteiger partial charge in [-0.25, -0.2) is 4.98 Å². The number of rotatable bonds is 8. The summed E-state index contributed by atoms with van der Waals surface area (Å²) in [7, 11) is 0. The summed E-state index contributed by atoms with van der Waals surface area (Å²) in [5, 5.41) is 4.51. The Morgan fingerprint density at radius 3 is 3.00 bits per heavy atom. The van der Waals surface area contributed by atoms with E-state index in [0.29, 0.717) is 16.6 Å². The molecule has 0 spiro atoms. The molecule has 1 aliphatic heterocycles. The first-order chi connectivity index (χ1) is 16.6. The molecule has 1 saturated heterocycles. The number of furan rings is 1. The van der Waals surface area contributed by atoms with E-state index in [1.54, 1.807) is 12.5 Å². The number of ether oxygens (including phenoxy) is 2. The highest BCUT2D eigenvalue weighted by Crippen LogP contribution is 2.33. The molecule has 10 heteroatoms. The van der Waals surface area contributed by atoms with Gasteiger partial charge in [-0.05, 0) is 43.5 Å². The summed E-state index contributed by atoms with van der Waals surface area (Å²) in [6.45, 7) is 4.54. The van der Waals surface area contributed by atoms with Crippen molar-refractivity contribution >= 4 is 45.0 Å². The molecule has 3 aromatic heterocycles. The average molecular weight is 481 g/mol. The van der Waals surface area contributed by atoms with Gasteiger partial charge in [0.2, 0.25) is 0 Å². The van der Waals surface area contributed by atoms with Crippen LogP contribution in [0.4, 0.5) is 0 Å².